The fraction of sp³-hybridized carbons (Fsp3) is 0.381. The van der Waals surface area contributed by atoms with E-state index >= 15 is 0 Å². The first-order chi connectivity index (χ1) is 11.7. The van der Waals surface area contributed by atoms with Crippen molar-refractivity contribution in [2.45, 2.75) is 31.7 Å². The van der Waals surface area contributed by atoms with Crippen LogP contribution in [0.15, 0.2) is 48.5 Å². The smallest absolute Gasteiger partial charge is 0.228 e. The number of amides is 1. The highest BCUT2D eigenvalue weighted by molar-refractivity contribution is 5.95. The number of anilines is 1. The van der Waals surface area contributed by atoms with Gasteiger partial charge in [0.15, 0.2) is 0 Å². The van der Waals surface area contributed by atoms with Crippen molar-refractivity contribution >= 4 is 11.6 Å². The molecule has 1 amide bonds. The average Bonchev–Trinajstić information content (AvgIpc) is 3.23. The van der Waals surface area contributed by atoms with Gasteiger partial charge in [0, 0.05) is 31.2 Å². The Balaban J connectivity index is 1.38. The number of para-hydroxylation sites is 1. The Morgan fingerprint density at radius 3 is 2.71 bits per heavy atom. The van der Waals surface area contributed by atoms with Gasteiger partial charge in [-0.3, -0.25) is 9.69 Å². The highest BCUT2D eigenvalue weighted by Crippen LogP contribution is 2.35. The predicted molar refractivity (Wildman–Crippen MR) is 97.3 cm³/mol. The molecule has 2 aromatic carbocycles. The Labute approximate surface area is 143 Å². The van der Waals surface area contributed by atoms with E-state index < -0.39 is 0 Å². The summed E-state index contributed by atoms with van der Waals surface area (Å²) in [5.41, 5.74) is 5.31. The van der Waals surface area contributed by atoms with Gasteiger partial charge in [-0.05, 0) is 49.1 Å². The van der Waals surface area contributed by atoms with Crippen LogP contribution in [0.1, 0.15) is 35.6 Å². The molecule has 4 rings (SSSR count). The Hall–Kier alpha value is -2.13. The Kier molecular flexibility index (Phi) is 4.11. The molecule has 3 nitrogen and oxygen atoms in total. The zero-order valence-corrected chi connectivity index (χ0v) is 14.2. The Morgan fingerprint density at radius 2 is 1.83 bits per heavy atom. The van der Waals surface area contributed by atoms with Crippen LogP contribution >= 0.6 is 0 Å². The maximum absolute atomic E-state index is 12.7. The highest BCUT2D eigenvalue weighted by atomic mass is 16.2. The summed E-state index contributed by atoms with van der Waals surface area (Å²) in [5, 5.41) is 0. The van der Waals surface area contributed by atoms with E-state index in [9.17, 15) is 4.79 Å². The third kappa shape index (κ3) is 2.73. The molecule has 0 spiro atoms. The van der Waals surface area contributed by atoms with E-state index in [1.54, 1.807) is 0 Å². The quantitative estimate of drug-likeness (QED) is 0.859. The van der Waals surface area contributed by atoms with Gasteiger partial charge in [0.2, 0.25) is 5.91 Å². The lowest BCUT2D eigenvalue weighted by atomic mass is 10.1. The summed E-state index contributed by atoms with van der Waals surface area (Å²) in [6.45, 7) is 1.64. The van der Waals surface area contributed by atoms with Crippen molar-refractivity contribution < 1.29 is 4.79 Å². The monoisotopic (exact) mass is 320 g/mol. The molecule has 1 atom stereocenters. The van der Waals surface area contributed by atoms with Crippen LogP contribution < -0.4 is 4.90 Å². The van der Waals surface area contributed by atoms with Crippen LogP contribution in [0.2, 0.25) is 0 Å². The van der Waals surface area contributed by atoms with Gasteiger partial charge >= 0.3 is 0 Å². The molecule has 1 heterocycles. The minimum Gasteiger partial charge on any atom is -0.312 e. The first-order valence-electron chi connectivity index (χ1n) is 8.90. The lowest BCUT2D eigenvalue weighted by Crippen LogP contribution is -2.33. The van der Waals surface area contributed by atoms with Crippen LogP contribution in [0.4, 0.5) is 5.69 Å². The highest BCUT2D eigenvalue weighted by Gasteiger charge is 2.27. The first-order valence-corrected chi connectivity index (χ1v) is 8.90. The van der Waals surface area contributed by atoms with Gasteiger partial charge in [-0.25, -0.2) is 0 Å². The zero-order chi connectivity index (χ0) is 16.5. The molecule has 0 aromatic heterocycles. The number of carbonyl (C=O) groups is 1. The SMILES string of the molecule is CN(CCC(=O)N1CCc2ccccc21)C1CCc2ccccc21. The average molecular weight is 320 g/mol. The molecule has 3 heteroatoms. The van der Waals surface area contributed by atoms with Crippen molar-refractivity contribution in [3.05, 3.63) is 65.2 Å². The molecule has 2 aromatic rings. The minimum atomic E-state index is 0.248. The van der Waals surface area contributed by atoms with E-state index in [2.05, 4.69) is 54.4 Å². The third-order valence-corrected chi connectivity index (χ3v) is 5.50. The van der Waals surface area contributed by atoms with Gasteiger partial charge in [-0.2, -0.15) is 0 Å². The third-order valence-electron chi connectivity index (χ3n) is 5.50. The topological polar surface area (TPSA) is 23.6 Å². The van der Waals surface area contributed by atoms with E-state index in [1.807, 2.05) is 11.0 Å². The number of hydrogen-bond acceptors (Lipinski definition) is 2. The zero-order valence-electron chi connectivity index (χ0n) is 14.2. The maximum atomic E-state index is 12.7. The summed E-state index contributed by atoms with van der Waals surface area (Å²) >= 11 is 0. The van der Waals surface area contributed by atoms with Crippen LogP contribution in [0, 0.1) is 0 Å². The van der Waals surface area contributed by atoms with E-state index in [1.165, 1.54) is 16.7 Å². The van der Waals surface area contributed by atoms with Gasteiger partial charge < -0.3 is 4.90 Å². The molecule has 0 saturated carbocycles. The van der Waals surface area contributed by atoms with Crippen molar-refractivity contribution in [1.29, 1.82) is 0 Å². The summed E-state index contributed by atoms with van der Waals surface area (Å²) in [6.07, 6.45) is 3.88. The van der Waals surface area contributed by atoms with Crippen LogP contribution in [0.25, 0.3) is 0 Å². The molecule has 2 aliphatic rings. The second kappa shape index (κ2) is 6.40. The fourth-order valence-corrected chi connectivity index (χ4v) is 4.15. The first kappa shape index (κ1) is 15.4. The maximum Gasteiger partial charge on any atom is 0.228 e. The second-order valence-corrected chi connectivity index (χ2v) is 6.91. The largest absolute Gasteiger partial charge is 0.312 e. The van der Waals surface area contributed by atoms with Crippen molar-refractivity contribution in [3.63, 3.8) is 0 Å². The molecule has 1 aliphatic carbocycles. The fourth-order valence-electron chi connectivity index (χ4n) is 4.15. The number of hydrogen-bond donors (Lipinski definition) is 0. The second-order valence-electron chi connectivity index (χ2n) is 6.91. The lowest BCUT2D eigenvalue weighted by Gasteiger charge is -2.26. The number of aryl methyl sites for hydroxylation is 1. The van der Waals surface area contributed by atoms with Gasteiger partial charge in [0.25, 0.3) is 0 Å². The molecular formula is C21H24N2O. The molecule has 1 unspecified atom stereocenters. The number of benzene rings is 2. The number of carbonyl (C=O) groups excluding carboxylic acids is 1. The number of rotatable bonds is 4. The summed E-state index contributed by atoms with van der Waals surface area (Å²) in [5.74, 6) is 0.248. The summed E-state index contributed by atoms with van der Waals surface area (Å²) in [4.78, 5) is 17.0. The molecular weight excluding hydrogens is 296 g/mol. The standard InChI is InChI=1S/C21H24N2O/c1-22(20-11-10-16-6-2-4-8-18(16)20)14-13-21(24)23-15-12-17-7-3-5-9-19(17)23/h2-9,20H,10-15H2,1H3. The van der Waals surface area contributed by atoms with Gasteiger partial charge in [0.1, 0.15) is 0 Å². The van der Waals surface area contributed by atoms with Gasteiger partial charge in [0.05, 0.1) is 0 Å². The molecule has 0 saturated heterocycles. The Bertz CT molecular complexity index is 755. The summed E-state index contributed by atoms with van der Waals surface area (Å²) in [6, 6.07) is 17.4. The summed E-state index contributed by atoms with van der Waals surface area (Å²) in [7, 11) is 2.15. The predicted octanol–water partition coefficient (Wildman–Crippen LogP) is 3.59. The molecule has 124 valence electrons. The van der Waals surface area contributed by atoms with Crippen LogP contribution in [0.3, 0.4) is 0 Å². The van der Waals surface area contributed by atoms with Gasteiger partial charge in [-0.1, -0.05) is 42.5 Å². The van der Waals surface area contributed by atoms with Crippen LogP contribution in [-0.4, -0.2) is 30.9 Å². The van der Waals surface area contributed by atoms with Crippen molar-refractivity contribution in [3.8, 4) is 0 Å². The molecule has 0 N–H and O–H groups in total. The van der Waals surface area contributed by atoms with E-state index in [0.717, 1.165) is 38.0 Å². The van der Waals surface area contributed by atoms with Gasteiger partial charge in [-0.15, -0.1) is 0 Å². The van der Waals surface area contributed by atoms with Crippen molar-refractivity contribution in [2.75, 3.05) is 25.0 Å². The normalized spacial score (nSPS) is 18.8. The molecule has 0 fully saturated rings. The molecule has 24 heavy (non-hydrogen) atoms. The summed E-state index contributed by atoms with van der Waals surface area (Å²) < 4.78 is 0. The number of fused-ring (bicyclic) bond motifs is 2. The minimum absolute atomic E-state index is 0.248. The van der Waals surface area contributed by atoms with E-state index in [-0.39, 0.29) is 5.91 Å². The Morgan fingerprint density at radius 1 is 1.08 bits per heavy atom. The van der Waals surface area contributed by atoms with E-state index in [0.29, 0.717) is 12.5 Å². The van der Waals surface area contributed by atoms with Crippen LogP contribution in [-0.2, 0) is 17.6 Å². The molecule has 1 aliphatic heterocycles. The lowest BCUT2D eigenvalue weighted by molar-refractivity contribution is -0.118. The van der Waals surface area contributed by atoms with Crippen molar-refractivity contribution in [1.82, 2.24) is 4.90 Å². The van der Waals surface area contributed by atoms with Crippen molar-refractivity contribution in [2.24, 2.45) is 0 Å². The number of nitrogens with zero attached hydrogens (tertiary/aromatic N) is 2. The van der Waals surface area contributed by atoms with Crippen LogP contribution in [0.5, 0.6) is 0 Å². The van der Waals surface area contributed by atoms with E-state index in [4.69, 9.17) is 0 Å². The molecule has 0 radical (unpaired) electrons. The molecule has 0 bridgehead atoms.